The fourth-order valence-electron chi connectivity index (χ4n) is 2.04. The van der Waals surface area contributed by atoms with Crippen LogP contribution in [0, 0.1) is 0 Å². The molecule has 0 saturated carbocycles. The van der Waals surface area contributed by atoms with E-state index in [0.29, 0.717) is 6.04 Å². The predicted molar refractivity (Wildman–Crippen MR) is 97.3 cm³/mol. The van der Waals surface area contributed by atoms with E-state index in [1.54, 1.807) is 0 Å². The molecule has 1 aromatic heterocycles. The summed E-state index contributed by atoms with van der Waals surface area (Å²) in [5, 5.41) is 5.38. The van der Waals surface area contributed by atoms with Gasteiger partial charge in [-0.1, -0.05) is 11.6 Å². The van der Waals surface area contributed by atoms with E-state index < -0.39 is 7.82 Å². The van der Waals surface area contributed by atoms with Crippen molar-refractivity contribution < 1.29 is 19.2 Å². The molecule has 2 rings (SSSR count). The second-order valence-electron chi connectivity index (χ2n) is 5.67. The molecule has 134 valence electrons. The van der Waals surface area contributed by atoms with Crippen LogP contribution in [0.15, 0.2) is 30.5 Å². The Labute approximate surface area is 146 Å². The Kier molecular flexibility index (Phi) is 8.09. The normalized spacial score (nSPS) is 12.7. The zero-order valence-corrected chi connectivity index (χ0v) is 15.5. The number of hydrogen-bond donors (Lipinski definition) is 4. The summed E-state index contributed by atoms with van der Waals surface area (Å²) in [5.41, 5.74) is 2.05. The molecule has 0 amide bonds. The molecule has 1 heterocycles. The van der Waals surface area contributed by atoms with Gasteiger partial charge in [0.2, 0.25) is 0 Å². The standard InChI is InChI=1S/C15H20ClN3.H3O4P/c1-11(7-9-19(2)3)18-14-6-8-17-15-10-12(16)4-5-13(14)15;1-5(2,3)4/h4-6,8,10-11H,7,9H2,1-3H3,(H,17,18);(H3,1,2,3,4). The summed E-state index contributed by atoms with van der Waals surface area (Å²) in [6.07, 6.45) is 2.92. The van der Waals surface area contributed by atoms with E-state index in [0.717, 1.165) is 34.6 Å². The van der Waals surface area contributed by atoms with Gasteiger partial charge in [-0.05, 0) is 58.3 Å². The van der Waals surface area contributed by atoms with Crippen molar-refractivity contribution in [3.63, 3.8) is 0 Å². The van der Waals surface area contributed by atoms with Gasteiger partial charge in [-0.15, -0.1) is 0 Å². The van der Waals surface area contributed by atoms with E-state index in [4.69, 9.17) is 30.8 Å². The molecule has 0 radical (unpaired) electrons. The van der Waals surface area contributed by atoms with Crippen LogP contribution in [0.5, 0.6) is 0 Å². The lowest BCUT2D eigenvalue weighted by Crippen LogP contribution is -2.23. The fraction of sp³-hybridized carbons (Fsp3) is 0.400. The molecule has 1 atom stereocenters. The van der Waals surface area contributed by atoms with Crippen LogP contribution in [0.2, 0.25) is 5.02 Å². The van der Waals surface area contributed by atoms with Crippen LogP contribution in [0.3, 0.4) is 0 Å². The Bertz CT molecular complexity index is 700. The third-order valence-corrected chi connectivity index (χ3v) is 3.35. The highest BCUT2D eigenvalue weighted by molar-refractivity contribution is 7.45. The second kappa shape index (κ2) is 9.32. The van der Waals surface area contributed by atoms with Gasteiger partial charge in [0.1, 0.15) is 0 Å². The van der Waals surface area contributed by atoms with Crippen molar-refractivity contribution in [2.75, 3.05) is 26.0 Å². The number of nitrogens with one attached hydrogen (secondary N) is 1. The minimum absolute atomic E-state index is 0.420. The van der Waals surface area contributed by atoms with Crippen molar-refractivity contribution in [1.82, 2.24) is 9.88 Å². The molecular formula is C15H23ClN3O4P. The topological polar surface area (TPSA) is 106 Å². The van der Waals surface area contributed by atoms with Gasteiger partial charge in [0.25, 0.3) is 0 Å². The summed E-state index contributed by atoms with van der Waals surface area (Å²) in [6, 6.07) is 8.26. The van der Waals surface area contributed by atoms with Gasteiger partial charge in [0.15, 0.2) is 0 Å². The molecular weight excluding hydrogens is 353 g/mol. The lowest BCUT2D eigenvalue weighted by Gasteiger charge is -2.18. The maximum atomic E-state index is 8.88. The molecule has 1 unspecified atom stereocenters. The Morgan fingerprint density at radius 1 is 1.29 bits per heavy atom. The molecule has 0 fully saturated rings. The highest BCUT2D eigenvalue weighted by Gasteiger charge is 2.07. The zero-order chi connectivity index (χ0) is 18.3. The van der Waals surface area contributed by atoms with Gasteiger partial charge in [0.05, 0.1) is 5.52 Å². The minimum atomic E-state index is -4.64. The van der Waals surface area contributed by atoms with Crippen LogP contribution in [-0.4, -0.2) is 51.2 Å². The largest absolute Gasteiger partial charge is 0.466 e. The summed E-state index contributed by atoms with van der Waals surface area (Å²) >= 11 is 6.00. The van der Waals surface area contributed by atoms with Crippen LogP contribution < -0.4 is 5.32 Å². The first-order chi connectivity index (χ1) is 11.1. The summed E-state index contributed by atoms with van der Waals surface area (Å²) in [5.74, 6) is 0. The SMILES string of the molecule is CC(CCN(C)C)Nc1ccnc2cc(Cl)ccc12.O=P(O)(O)O. The number of phosphoric acid groups is 1. The van der Waals surface area contributed by atoms with Gasteiger partial charge in [-0.2, -0.15) is 0 Å². The maximum absolute atomic E-state index is 8.88. The number of benzene rings is 1. The average Bonchev–Trinajstić information content (AvgIpc) is 2.43. The van der Waals surface area contributed by atoms with Gasteiger partial charge in [-0.3, -0.25) is 4.98 Å². The van der Waals surface area contributed by atoms with Crippen LogP contribution >= 0.6 is 19.4 Å². The van der Waals surface area contributed by atoms with Crippen LogP contribution in [-0.2, 0) is 4.57 Å². The number of halogens is 1. The molecule has 4 N–H and O–H groups in total. The lowest BCUT2D eigenvalue weighted by molar-refractivity contribution is 0.275. The average molecular weight is 376 g/mol. The monoisotopic (exact) mass is 375 g/mol. The van der Waals surface area contributed by atoms with E-state index >= 15 is 0 Å². The van der Waals surface area contributed by atoms with Crippen molar-refractivity contribution in [3.8, 4) is 0 Å². The Morgan fingerprint density at radius 3 is 2.50 bits per heavy atom. The van der Waals surface area contributed by atoms with Crippen LogP contribution in [0.4, 0.5) is 5.69 Å². The van der Waals surface area contributed by atoms with Crippen molar-refractivity contribution in [2.45, 2.75) is 19.4 Å². The van der Waals surface area contributed by atoms with Crippen LogP contribution in [0.25, 0.3) is 10.9 Å². The van der Waals surface area contributed by atoms with Crippen molar-refractivity contribution in [2.24, 2.45) is 0 Å². The molecule has 7 nitrogen and oxygen atoms in total. The number of anilines is 1. The third kappa shape index (κ3) is 8.59. The predicted octanol–water partition coefficient (Wildman–Crippen LogP) is 2.71. The zero-order valence-electron chi connectivity index (χ0n) is 13.8. The first kappa shape index (κ1) is 20.8. The molecule has 2 aromatic rings. The van der Waals surface area contributed by atoms with Crippen molar-refractivity contribution in [1.29, 1.82) is 0 Å². The molecule has 0 spiro atoms. The van der Waals surface area contributed by atoms with Crippen LogP contribution in [0.1, 0.15) is 13.3 Å². The molecule has 0 aliphatic rings. The molecule has 9 heteroatoms. The second-order valence-corrected chi connectivity index (χ2v) is 7.13. The van der Waals surface area contributed by atoms with Gasteiger partial charge in [0, 0.05) is 28.3 Å². The summed E-state index contributed by atoms with van der Waals surface area (Å²) < 4.78 is 8.88. The Balaban J connectivity index is 0.000000505. The van der Waals surface area contributed by atoms with E-state index in [1.165, 1.54) is 0 Å². The lowest BCUT2D eigenvalue weighted by atomic mass is 10.1. The molecule has 0 bridgehead atoms. The summed E-state index contributed by atoms with van der Waals surface area (Å²) in [6.45, 7) is 3.27. The smallest absolute Gasteiger partial charge is 0.382 e. The van der Waals surface area contributed by atoms with E-state index in [1.807, 2.05) is 30.5 Å². The first-order valence-electron chi connectivity index (χ1n) is 7.30. The van der Waals surface area contributed by atoms with E-state index in [-0.39, 0.29) is 0 Å². The van der Waals surface area contributed by atoms with E-state index in [9.17, 15) is 0 Å². The summed E-state index contributed by atoms with van der Waals surface area (Å²) in [7, 11) is -0.451. The Hall–Kier alpha value is -1.21. The highest BCUT2D eigenvalue weighted by Crippen LogP contribution is 2.26. The maximum Gasteiger partial charge on any atom is 0.466 e. The number of aromatic nitrogens is 1. The minimum Gasteiger partial charge on any atom is -0.382 e. The van der Waals surface area contributed by atoms with Gasteiger partial charge >= 0.3 is 7.82 Å². The molecule has 0 aliphatic carbocycles. The quantitative estimate of drug-likeness (QED) is 0.595. The molecule has 0 aliphatic heterocycles. The number of nitrogens with zero attached hydrogens (tertiary/aromatic N) is 2. The highest BCUT2D eigenvalue weighted by atomic mass is 35.5. The van der Waals surface area contributed by atoms with Crippen molar-refractivity contribution in [3.05, 3.63) is 35.5 Å². The van der Waals surface area contributed by atoms with Crippen molar-refractivity contribution >= 4 is 36.0 Å². The van der Waals surface area contributed by atoms with Gasteiger partial charge in [-0.25, -0.2) is 4.57 Å². The number of fused-ring (bicyclic) bond motifs is 1. The fourth-order valence-corrected chi connectivity index (χ4v) is 2.20. The molecule has 0 saturated heterocycles. The van der Waals surface area contributed by atoms with Gasteiger partial charge < -0.3 is 24.9 Å². The molecule has 24 heavy (non-hydrogen) atoms. The Morgan fingerprint density at radius 2 is 1.92 bits per heavy atom. The number of hydrogen-bond acceptors (Lipinski definition) is 4. The number of pyridine rings is 1. The first-order valence-corrected chi connectivity index (χ1v) is 9.24. The van der Waals surface area contributed by atoms with E-state index in [2.05, 4.69) is 36.2 Å². The molecule has 1 aromatic carbocycles. The summed E-state index contributed by atoms with van der Waals surface area (Å²) in [4.78, 5) is 28.1. The third-order valence-electron chi connectivity index (χ3n) is 3.12. The number of rotatable bonds is 5.